The summed E-state index contributed by atoms with van der Waals surface area (Å²) in [6.45, 7) is 4.18. The highest BCUT2D eigenvalue weighted by Crippen LogP contribution is 2.15. The molecule has 0 spiro atoms. The van der Waals surface area contributed by atoms with Crippen molar-refractivity contribution in [1.82, 2.24) is 5.32 Å². The SMILES string of the molecule is CCc1ccccc1NC(=O)COC1CCNCC1. The standard InChI is InChI=1S/C15H22N2O2/c1-2-12-5-3-4-6-14(12)17-15(18)11-19-13-7-9-16-10-8-13/h3-6,13,16H,2,7-11H2,1H3,(H,17,18). The van der Waals surface area contributed by atoms with Crippen LogP contribution in [0.3, 0.4) is 0 Å². The molecule has 1 amide bonds. The number of benzene rings is 1. The normalized spacial score (nSPS) is 16.3. The zero-order valence-electron chi connectivity index (χ0n) is 11.4. The van der Waals surface area contributed by atoms with Crippen LogP contribution in [0.5, 0.6) is 0 Å². The highest BCUT2D eigenvalue weighted by atomic mass is 16.5. The van der Waals surface area contributed by atoms with Gasteiger partial charge in [-0.1, -0.05) is 25.1 Å². The lowest BCUT2D eigenvalue weighted by atomic mass is 10.1. The quantitative estimate of drug-likeness (QED) is 0.853. The maximum absolute atomic E-state index is 11.9. The van der Waals surface area contributed by atoms with Crippen molar-refractivity contribution in [2.24, 2.45) is 0 Å². The smallest absolute Gasteiger partial charge is 0.250 e. The summed E-state index contributed by atoms with van der Waals surface area (Å²) in [4.78, 5) is 11.9. The van der Waals surface area contributed by atoms with E-state index in [9.17, 15) is 4.79 Å². The van der Waals surface area contributed by atoms with E-state index in [0.717, 1.165) is 43.6 Å². The Morgan fingerprint density at radius 2 is 2.11 bits per heavy atom. The van der Waals surface area contributed by atoms with Crippen LogP contribution >= 0.6 is 0 Å². The van der Waals surface area contributed by atoms with Crippen molar-refractivity contribution in [1.29, 1.82) is 0 Å². The summed E-state index contributed by atoms with van der Waals surface area (Å²) in [6, 6.07) is 7.88. The Labute approximate surface area is 114 Å². The Bertz CT molecular complexity index is 414. The molecule has 1 aliphatic rings. The molecule has 1 aliphatic heterocycles. The number of hydrogen-bond acceptors (Lipinski definition) is 3. The summed E-state index contributed by atoms with van der Waals surface area (Å²) < 4.78 is 5.64. The Morgan fingerprint density at radius 3 is 2.84 bits per heavy atom. The lowest BCUT2D eigenvalue weighted by Crippen LogP contribution is -2.34. The molecule has 1 fully saturated rings. The molecular weight excluding hydrogens is 240 g/mol. The van der Waals surface area contributed by atoms with Crippen LogP contribution in [-0.4, -0.2) is 31.7 Å². The summed E-state index contributed by atoms with van der Waals surface area (Å²) in [5.41, 5.74) is 2.04. The number of amides is 1. The molecule has 0 unspecified atom stereocenters. The van der Waals surface area contributed by atoms with Crippen LogP contribution in [0.25, 0.3) is 0 Å². The largest absolute Gasteiger partial charge is 0.368 e. The predicted molar refractivity (Wildman–Crippen MR) is 76.3 cm³/mol. The lowest BCUT2D eigenvalue weighted by molar-refractivity contribution is -0.123. The molecule has 0 atom stereocenters. The number of para-hydroxylation sites is 1. The number of hydrogen-bond donors (Lipinski definition) is 2. The van der Waals surface area contributed by atoms with E-state index < -0.39 is 0 Å². The Hall–Kier alpha value is -1.39. The molecule has 2 N–H and O–H groups in total. The maximum Gasteiger partial charge on any atom is 0.250 e. The second-order valence-electron chi connectivity index (χ2n) is 4.82. The molecule has 1 saturated heterocycles. The van der Waals surface area contributed by atoms with E-state index in [0.29, 0.717) is 0 Å². The van der Waals surface area contributed by atoms with Crippen LogP contribution in [-0.2, 0) is 16.0 Å². The second kappa shape index (κ2) is 7.26. The molecule has 1 aromatic carbocycles. The number of carbonyl (C=O) groups is 1. The molecule has 4 heteroatoms. The van der Waals surface area contributed by atoms with Gasteiger partial charge in [0.05, 0.1) is 6.10 Å². The van der Waals surface area contributed by atoms with Crippen molar-refractivity contribution in [3.05, 3.63) is 29.8 Å². The van der Waals surface area contributed by atoms with E-state index in [-0.39, 0.29) is 18.6 Å². The van der Waals surface area contributed by atoms with Gasteiger partial charge in [0.1, 0.15) is 6.61 Å². The van der Waals surface area contributed by atoms with Crippen LogP contribution in [0.1, 0.15) is 25.3 Å². The van der Waals surface area contributed by atoms with Gasteiger partial charge in [0.2, 0.25) is 5.91 Å². The second-order valence-corrected chi connectivity index (χ2v) is 4.82. The van der Waals surface area contributed by atoms with Crippen LogP contribution < -0.4 is 10.6 Å². The summed E-state index contributed by atoms with van der Waals surface area (Å²) in [6.07, 6.45) is 3.09. The third-order valence-electron chi connectivity index (χ3n) is 3.41. The Balaban J connectivity index is 1.80. The minimum absolute atomic E-state index is 0.0700. The minimum Gasteiger partial charge on any atom is -0.368 e. The van der Waals surface area contributed by atoms with Crippen LogP contribution in [0.2, 0.25) is 0 Å². The first-order chi connectivity index (χ1) is 9.29. The van der Waals surface area contributed by atoms with Gasteiger partial charge in [0.25, 0.3) is 0 Å². The first kappa shape index (κ1) is 14.0. The first-order valence-corrected chi connectivity index (χ1v) is 6.99. The van der Waals surface area contributed by atoms with Gasteiger partial charge in [-0.05, 0) is 44.0 Å². The Kier molecular flexibility index (Phi) is 5.36. The van der Waals surface area contributed by atoms with E-state index in [1.165, 1.54) is 0 Å². The average Bonchev–Trinajstić information content (AvgIpc) is 2.47. The van der Waals surface area contributed by atoms with Crippen molar-refractivity contribution < 1.29 is 9.53 Å². The van der Waals surface area contributed by atoms with Gasteiger partial charge in [0, 0.05) is 5.69 Å². The maximum atomic E-state index is 11.9. The molecular formula is C15H22N2O2. The van der Waals surface area contributed by atoms with Crippen LogP contribution in [0.4, 0.5) is 5.69 Å². The highest BCUT2D eigenvalue weighted by molar-refractivity contribution is 5.92. The molecule has 1 aromatic rings. The van der Waals surface area contributed by atoms with Crippen molar-refractivity contribution >= 4 is 11.6 Å². The van der Waals surface area contributed by atoms with Gasteiger partial charge in [0.15, 0.2) is 0 Å². The van der Waals surface area contributed by atoms with E-state index in [4.69, 9.17) is 4.74 Å². The average molecular weight is 262 g/mol. The van der Waals surface area contributed by atoms with Crippen molar-refractivity contribution in [3.63, 3.8) is 0 Å². The highest BCUT2D eigenvalue weighted by Gasteiger charge is 2.15. The molecule has 104 valence electrons. The molecule has 2 rings (SSSR count). The molecule has 1 heterocycles. The summed E-state index contributed by atoms with van der Waals surface area (Å²) in [5.74, 6) is -0.0700. The van der Waals surface area contributed by atoms with Crippen molar-refractivity contribution in [2.75, 3.05) is 25.0 Å². The third-order valence-corrected chi connectivity index (χ3v) is 3.41. The van der Waals surface area contributed by atoms with Crippen LogP contribution in [0, 0.1) is 0 Å². The summed E-state index contributed by atoms with van der Waals surface area (Å²) in [5, 5.41) is 6.20. The molecule has 0 aromatic heterocycles. The van der Waals surface area contributed by atoms with Crippen molar-refractivity contribution in [2.45, 2.75) is 32.3 Å². The molecule has 4 nitrogen and oxygen atoms in total. The van der Waals surface area contributed by atoms with E-state index in [2.05, 4.69) is 17.6 Å². The predicted octanol–water partition coefficient (Wildman–Crippen LogP) is 1.96. The molecule has 0 aliphatic carbocycles. The van der Waals surface area contributed by atoms with Gasteiger partial charge in [-0.3, -0.25) is 4.79 Å². The molecule has 0 saturated carbocycles. The topological polar surface area (TPSA) is 50.4 Å². The number of aryl methyl sites for hydroxylation is 1. The number of ether oxygens (including phenoxy) is 1. The summed E-state index contributed by atoms with van der Waals surface area (Å²) in [7, 11) is 0. The zero-order chi connectivity index (χ0) is 13.5. The lowest BCUT2D eigenvalue weighted by Gasteiger charge is -2.22. The first-order valence-electron chi connectivity index (χ1n) is 6.99. The minimum atomic E-state index is -0.0700. The fourth-order valence-corrected chi connectivity index (χ4v) is 2.29. The van der Waals surface area contributed by atoms with Gasteiger partial charge in [-0.15, -0.1) is 0 Å². The molecule has 0 radical (unpaired) electrons. The molecule has 19 heavy (non-hydrogen) atoms. The number of anilines is 1. The third kappa shape index (κ3) is 4.33. The van der Waals surface area contributed by atoms with Gasteiger partial charge >= 0.3 is 0 Å². The number of carbonyl (C=O) groups excluding carboxylic acids is 1. The number of piperidine rings is 1. The fourth-order valence-electron chi connectivity index (χ4n) is 2.29. The number of nitrogens with one attached hydrogen (secondary N) is 2. The summed E-state index contributed by atoms with van der Waals surface area (Å²) >= 11 is 0. The van der Waals surface area contributed by atoms with Gasteiger partial charge in [-0.25, -0.2) is 0 Å². The number of rotatable bonds is 5. The van der Waals surface area contributed by atoms with Crippen LogP contribution in [0.15, 0.2) is 24.3 Å². The van der Waals surface area contributed by atoms with Gasteiger partial charge in [-0.2, -0.15) is 0 Å². The van der Waals surface area contributed by atoms with E-state index in [1.807, 2.05) is 24.3 Å². The molecule has 0 bridgehead atoms. The van der Waals surface area contributed by atoms with Gasteiger partial charge < -0.3 is 15.4 Å². The van der Waals surface area contributed by atoms with E-state index in [1.54, 1.807) is 0 Å². The fraction of sp³-hybridized carbons (Fsp3) is 0.533. The Morgan fingerprint density at radius 1 is 1.37 bits per heavy atom. The monoisotopic (exact) mass is 262 g/mol. The van der Waals surface area contributed by atoms with Crippen molar-refractivity contribution in [3.8, 4) is 0 Å². The van der Waals surface area contributed by atoms with E-state index >= 15 is 0 Å². The zero-order valence-corrected chi connectivity index (χ0v) is 11.4.